The van der Waals surface area contributed by atoms with Crippen molar-refractivity contribution in [2.45, 2.75) is 76.8 Å². The third-order valence-corrected chi connectivity index (χ3v) is 5.51. The minimum Gasteiger partial charge on any atom is -0.475 e. The zero-order valence-corrected chi connectivity index (χ0v) is 17.3. The Labute approximate surface area is 167 Å². The summed E-state index contributed by atoms with van der Waals surface area (Å²) in [6.07, 6.45) is 6.02. The van der Waals surface area contributed by atoms with Crippen LogP contribution < -0.4 is 4.74 Å². The Morgan fingerprint density at radius 2 is 1.82 bits per heavy atom. The molecule has 0 bridgehead atoms. The van der Waals surface area contributed by atoms with Gasteiger partial charge in [0.05, 0.1) is 13.2 Å². The van der Waals surface area contributed by atoms with E-state index in [1.54, 1.807) is 0 Å². The zero-order chi connectivity index (χ0) is 20.0. The minimum atomic E-state index is -0.843. The number of allylic oxidation sites excluding steroid dienone is 1. The van der Waals surface area contributed by atoms with E-state index >= 15 is 0 Å². The number of carbonyl (C=O) groups excluding carboxylic acids is 1. The maximum atomic E-state index is 12.7. The van der Waals surface area contributed by atoms with Gasteiger partial charge in [-0.15, -0.1) is 0 Å². The van der Waals surface area contributed by atoms with Crippen molar-refractivity contribution < 1.29 is 23.7 Å². The molecule has 1 heterocycles. The molecule has 1 spiro atoms. The fraction of sp³-hybridized carbons (Fsp3) is 0.609. The summed E-state index contributed by atoms with van der Waals surface area (Å²) >= 11 is 0. The first kappa shape index (κ1) is 19.5. The number of ether oxygens (including phenoxy) is 4. The lowest BCUT2D eigenvalue weighted by atomic mass is 9.89. The Bertz CT molecular complexity index is 792. The number of hydrogen-bond acceptors (Lipinski definition) is 5. The lowest BCUT2D eigenvalue weighted by molar-refractivity contribution is -0.165. The molecule has 0 amide bonds. The summed E-state index contributed by atoms with van der Waals surface area (Å²) < 4.78 is 23.6. The molecule has 4 rings (SSSR count). The second-order valence-electron chi connectivity index (χ2n) is 9.14. The summed E-state index contributed by atoms with van der Waals surface area (Å²) in [4.78, 5) is 12.7. The van der Waals surface area contributed by atoms with E-state index in [2.05, 4.69) is 18.2 Å². The van der Waals surface area contributed by atoms with Gasteiger partial charge in [-0.1, -0.05) is 18.2 Å². The van der Waals surface area contributed by atoms with Gasteiger partial charge in [0, 0.05) is 31.2 Å². The lowest BCUT2D eigenvalue weighted by Gasteiger charge is -2.31. The summed E-state index contributed by atoms with van der Waals surface area (Å²) in [5.41, 5.74) is 2.01. The maximum absolute atomic E-state index is 12.7. The fourth-order valence-corrected chi connectivity index (χ4v) is 3.83. The fourth-order valence-electron chi connectivity index (χ4n) is 3.83. The average molecular weight is 386 g/mol. The Hall–Kier alpha value is -1.85. The predicted octanol–water partition coefficient (Wildman–Crippen LogP) is 4.56. The third kappa shape index (κ3) is 3.96. The highest BCUT2D eigenvalue weighted by Gasteiger charge is 2.55. The van der Waals surface area contributed by atoms with Gasteiger partial charge in [0.15, 0.2) is 5.79 Å². The summed E-state index contributed by atoms with van der Waals surface area (Å²) in [7, 11) is 0. The quantitative estimate of drug-likeness (QED) is 0.710. The normalized spacial score (nSPS) is 22.6. The number of esters is 1. The first-order valence-electron chi connectivity index (χ1n) is 10.2. The van der Waals surface area contributed by atoms with E-state index < -0.39 is 17.0 Å². The largest absolute Gasteiger partial charge is 0.475 e. The molecule has 152 valence electrons. The molecule has 0 radical (unpaired) electrons. The number of rotatable bonds is 4. The monoisotopic (exact) mass is 386 g/mol. The predicted molar refractivity (Wildman–Crippen MR) is 106 cm³/mol. The third-order valence-electron chi connectivity index (χ3n) is 5.51. The minimum absolute atomic E-state index is 0.267. The van der Waals surface area contributed by atoms with Crippen LogP contribution in [0.5, 0.6) is 5.75 Å². The van der Waals surface area contributed by atoms with Crippen LogP contribution in [0.3, 0.4) is 0 Å². The van der Waals surface area contributed by atoms with Gasteiger partial charge in [0.1, 0.15) is 11.4 Å². The Balaban J connectivity index is 1.56. The topological polar surface area (TPSA) is 54.0 Å². The van der Waals surface area contributed by atoms with E-state index in [9.17, 15) is 4.79 Å². The first-order valence-corrected chi connectivity index (χ1v) is 10.2. The van der Waals surface area contributed by atoms with E-state index in [0.717, 1.165) is 36.1 Å². The van der Waals surface area contributed by atoms with Crippen molar-refractivity contribution in [3.8, 4) is 5.75 Å². The Morgan fingerprint density at radius 1 is 1.11 bits per heavy atom. The molecule has 1 aliphatic heterocycles. The summed E-state index contributed by atoms with van der Waals surface area (Å²) in [5, 5.41) is 0. The Morgan fingerprint density at radius 3 is 2.39 bits per heavy atom. The summed E-state index contributed by atoms with van der Waals surface area (Å²) in [5.74, 6) is 0.0549. The smallest absolute Gasteiger partial charge is 0.351 e. The van der Waals surface area contributed by atoms with Gasteiger partial charge in [-0.25, -0.2) is 4.79 Å². The molecule has 0 unspecified atom stereocenters. The van der Waals surface area contributed by atoms with Crippen molar-refractivity contribution in [1.29, 1.82) is 0 Å². The lowest BCUT2D eigenvalue weighted by Crippen LogP contribution is -2.37. The van der Waals surface area contributed by atoms with Gasteiger partial charge in [0.25, 0.3) is 0 Å². The van der Waals surface area contributed by atoms with Crippen LogP contribution in [0.25, 0.3) is 5.57 Å². The number of hydrogen-bond donors (Lipinski definition) is 0. The molecule has 5 heteroatoms. The van der Waals surface area contributed by atoms with Crippen molar-refractivity contribution in [3.05, 3.63) is 35.4 Å². The zero-order valence-electron chi connectivity index (χ0n) is 17.3. The van der Waals surface area contributed by atoms with E-state index in [1.165, 1.54) is 5.57 Å². The van der Waals surface area contributed by atoms with Crippen LogP contribution >= 0.6 is 0 Å². The highest BCUT2D eigenvalue weighted by Crippen LogP contribution is 2.46. The molecule has 0 aromatic heterocycles. The molecule has 5 nitrogen and oxygen atoms in total. The van der Waals surface area contributed by atoms with Crippen LogP contribution in [-0.4, -0.2) is 36.2 Å². The maximum Gasteiger partial charge on any atom is 0.351 e. The van der Waals surface area contributed by atoms with Crippen LogP contribution in [-0.2, 0) is 19.0 Å². The van der Waals surface area contributed by atoms with Crippen molar-refractivity contribution in [1.82, 2.24) is 0 Å². The van der Waals surface area contributed by atoms with Gasteiger partial charge in [-0.3, -0.25) is 0 Å². The van der Waals surface area contributed by atoms with Crippen molar-refractivity contribution in [2.24, 2.45) is 0 Å². The second kappa shape index (κ2) is 6.89. The molecule has 0 atom stereocenters. The molecule has 0 N–H and O–H groups in total. The molecule has 1 saturated carbocycles. The summed E-state index contributed by atoms with van der Waals surface area (Å²) in [6.45, 7) is 9.02. The molecule has 1 saturated heterocycles. The average Bonchev–Trinajstić information content (AvgIpc) is 3.27. The van der Waals surface area contributed by atoms with Gasteiger partial charge in [0.2, 0.25) is 5.60 Å². The van der Waals surface area contributed by atoms with Crippen LogP contribution in [0.4, 0.5) is 0 Å². The number of carbonyl (C=O) groups is 1. The highest BCUT2D eigenvalue weighted by atomic mass is 16.7. The van der Waals surface area contributed by atoms with Crippen molar-refractivity contribution >= 4 is 11.5 Å². The highest BCUT2D eigenvalue weighted by molar-refractivity contribution is 5.84. The molecule has 1 aromatic carbocycles. The number of benzene rings is 1. The molecular weight excluding hydrogens is 356 g/mol. The Kier molecular flexibility index (Phi) is 4.79. The molecule has 2 fully saturated rings. The molecule has 1 aromatic rings. The molecular formula is C23H30O5. The van der Waals surface area contributed by atoms with Crippen LogP contribution in [0.15, 0.2) is 24.3 Å². The molecule has 28 heavy (non-hydrogen) atoms. The van der Waals surface area contributed by atoms with Crippen LogP contribution in [0.1, 0.15) is 64.0 Å². The SMILES string of the molecule is Cc1ccc(C2=CCC3(CC2)OCCO3)c(OC2(C(=O)OC(C)(C)C)CC2)c1. The number of aryl methyl sites for hydroxylation is 1. The van der Waals surface area contributed by atoms with Gasteiger partial charge >= 0.3 is 5.97 Å². The summed E-state index contributed by atoms with van der Waals surface area (Å²) in [6, 6.07) is 6.20. The second-order valence-corrected chi connectivity index (χ2v) is 9.14. The van der Waals surface area contributed by atoms with Gasteiger partial charge in [-0.05, 0) is 51.3 Å². The first-order chi connectivity index (χ1) is 13.2. The molecule has 2 aliphatic carbocycles. The van der Waals surface area contributed by atoms with Crippen molar-refractivity contribution in [2.75, 3.05) is 13.2 Å². The van der Waals surface area contributed by atoms with E-state index in [0.29, 0.717) is 26.1 Å². The van der Waals surface area contributed by atoms with E-state index in [1.807, 2.05) is 33.8 Å². The van der Waals surface area contributed by atoms with E-state index in [4.69, 9.17) is 18.9 Å². The van der Waals surface area contributed by atoms with Crippen LogP contribution in [0.2, 0.25) is 0 Å². The van der Waals surface area contributed by atoms with Gasteiger partial charge in [-0.2, -0.15) is 0 Å². The standard InChI is InChI=1S/C23H30O5/c1-16-5-6-18(17-7-9-23(10-8-17)25-13-14-26-23)19(15-16)27-22(11-12-22)20(24)28-21(2,3)4/h5-7,15H,8-14H2,1-4H3. The van der Waals surface area contributed by atoms with Crippen molar-refractivity contribution in [3.63, 3.8) is 0 Å². The van der Waals surface area contributed by atoms with Gasteiger partial charge < -0.3 is 18.9 Å². The molecule has 3 aliphatic rings. The van der Waals surface area contributed by atoms with Crippen LogP contribution in [0, 0.1) is 6.92 Å². The van der Waals surface area contributed by atoms with E-state index in [-0.39, 0.29) is 5.97 Å².